The zero-order chi connectivity index (χ0) is 11.0. The van der Waals surface area contributed by atoms with Gasteiger partial charge < -0.3 is 9.84 Å². The monoisotopic (exact) mass is 212 g/mol. The molecule has 0 spiro atoms. The molecule has 0 radical (unpaired) electrons. The van der Waals surface area contributed by atoms with Gasteiger partial charge in [-0.2, -0.15) is 0 Å². The number of ether oxygens (including phenoxy) is 1. The van der Waals surface area contributed by atoms with Crippen molar-refractivity contribution in [1.82, 2.24) is 0 Å². The fourth-order valence-electron chi connectivity index (χ4n) is 2.48. The van der Waals surface area contributed by atoms with Gasteiger partial charge in [0.2, 0.25) is 0 Å². The van der Waals surface area contributed by atoms with Gasteiger partial charge in [-0.3, -0.25) is 14.4 Å². The molecule has 5 heteroatoms. The molecule has 2 aliphatic rings. The molecule has 0 bridgehead atoms. The molecule has 0 aromatic rings. The number of carboxylic acid groups (broad SMARTS) is 1. The highest BCUT2D eigenvalue weighted by molar-refractivity contribution is 5.96. The normalized spacial score (nSPS) is 34.8. The van der Waals surface area contributed by atoms with Crippen LogP contribution in [0, 0.1) is 17.8 Å². The van der Waals surface area contributed by atoms with Gasteiger partial charge in [-0.15, -0.1) is 0 Å². The third-order valence-electron chi connectivity index (χ3n) is 3.23. The number of cyclic esters (lactones) is 2. The maximum atomic E-state index is 11.3. The second kappa shape index (κ2) is 3.64. The van der Waals surface area contributed by atoms with Crippen molar-refractivity contribution >= 4 is 17.9 Å². The summed E-state index contributed by atoms with van der Waals surface area (Å²) < 4.78 is 4.54. The summed E-state index contributed by atoms with van der Waals surface area (Å²) in [5.41, 5.74) is 0. The van der Waals surface area contributed by atoms with E-state index in [0.717, 1.165) is 0 Å². The molecule has 2 fully saturated rings. The Hall–Kier alpha value is -1.39. The van der Waals surface area contributed by atoms with Crippen LogP contribution in [0.1, 0.15) is 25.7 Å². The second-order valence-electron chi connectivity index (χ2n) is 4.23. The van der Waals surface area contributed by atoms with Gasteiger partial charge in [-0.1, -0.05) is 0 Å². The Kier molecular flexibility index (Phi) is 2.46. The van der Waals surface area contributed by atoms with Gasteiger partial charge in [0.15, 0.2) is 0 Å². The summed E-state index contributed by atoms with van der Waals surface area (Å²) in [5, 5.41) is 8.64. The summed E-state index contributed by atoms with van der Waals surface area (Å²) in [4.78, 5) is 33.0. The molecule has 5 nitrogen and oxygen atoms in total. The standard InChI is InChI=1S/C10H12O5/c11-8(12)4-5-1-2-6-7(3-5)10(14)15-9(6)13/h5-7H,1-4H2,(H,11,12). The first-order valence-electron chi connectivity index (χ1n) is 5.05. The molecule has 1 aliphatic heterocycles. The van der Waals surface area contributed by atoms with Crippen molar-refractivity contribution in [2.75, 3.05) is 0 Å². The molecule has 15 heavy (non-hydrogen) atoms. The number of rotatable bonds is 2. The van der Waals surface area contributed by atoms with Gasteiger partial charge >= 0.3 is 17.9 Å². The smallest absolute Gasteiger partial charge is 0.317 e. The van der Waals surface area contributed by atoms with Gasteiger partial charge in [-0.25, -0.2) is 0 Å². The minimum Gasteiger partial charge on any atom is -0.481 e. The second-order valence-corrected chi connectivity index (χ2v) is 4.23. The summed E-state index contributed by atoms with van der Waals surface area (Å²) in [7, 11) is 0. The lowest BCUT2D eigenvalue weighted by Gasteiger charge is -2.26. The molecule has 2 rings (SSSR count). The van der Waals surface area contributed by atoms with Gasteiger partial charge in [0.1, 0.15) is 0 Å². The number of hydrogen-bond donors (Lipinski definition) is 1. The van der Waals surface area contributed by atoms with Crippen molar-refractivity contribution in [3.05, 3.63) is 0 Å². The van der Waals surface area contributed by atoms with Crippen LogP contribution in [-0.4, -0.2) is 23.0 Å². The highest BCUT2D eigenvalue weighted by Gasteiger charge is 2.47. The van der Waals surface area contributed by atoms with E-state index >= 15 is 0 Å². The lowest BCUT2D eigenvalue weighted by molar-refractivity contribution is -0.154. The van der Waals surface area contributed by atoms with Crippen LogP contribution < -0.4 is 0 Å². The minimum absolute atomic E-state index is 0.00204. The number of carboxylic acids is 1. The average molecular weight is 212 g/mol. The molecule has 1 N–H and O–H groups in total. The van der Waals surface area contributed by atoms with E-state index in [-0.39, 0.29) is 18.3 Å². The van der Waals surface area contributed by atoms with Crippen molar-refractivity contribution in [3.8, 4) is 0 Å². The first kappa shape index (κ1) is 10.1. The number of esters is 2. The fraction of sp³-hybridized carbons (Fsp3) is 0.700. The molecule has 0 amide bonds. The summed E-state index contributed by atoms with van der Waals surface area (Å²) in [6, 6.07) is 0. The van der Waals surface area contributed by atoms with E-state index in [1.807, 2.05) is 0 Å². The van der Waals surface area contributed by atoms with Gasteiger partial charge in [-0.05, 0) is 25.2 Å². The third kappa shape index (κ3) is 1.86. The Morgan fingerprint density at radius 1 is 1.27 bits per heavy atom. The van der Waals surface area contributed by atoms with E-state index in [9.17, 15) is 14.4 Å². The summed E-state index contributed by atoms with van der Waals surface area (Å²) in [6.07, 6.45) is 1.81. The lowest BCUT2D eigenvalue weighted by atomic mass is 9.74. The quantitative estimate of drug-likeness (QED) is 0.534. The molecule has 1 aliphatic carbocycles. The molecule has 0 aromatic heterocycles. The topological polar surface area (TPSA) is 80.7 Å². The largest absolute Gasteiger partial charge is 0.481 e. The molecule has 3 atom stereocenters. The predicted molar refractivity (Wildman–Crippen MR) is 47.7 cm³/mol. The zero-order valence-corrected chi connectivity index (χ0v) is 8.14. The molecule has 1 saturated heterocycles. The van der Waals surface area contributed by atoms with E-state index in [0.29, 0.717) is 19.3 Å². The van der Waals surface area contributed by atoms with Crippen LogP contribution in [0.15, 0.2) is 0 Å². The first-order valence-corrected chi connectivity index (χ1v) is 5.05. The van der Waals surface area contributed by atoms with Crippen LogP contribution >= 0.6 is 0 Å². The van der Waals surface area contributed by atoms with Crippen molar-refractivity contribution < 1.29 is 24.2 Å². The van der Waals surface area contributed by atoms with Crippen molar-refractivity contribution in [3.63, 3.8) is 0 Å². The number of fused-ring (bicyclic) bond motifs is 1. The van der Waals surface area contributed by atoms with Crippen LogP contribution in [0.25, 0.3) is 0 Å². The summed E-state index contributed by atoms with van der Waals surface area (Å²) in [6.45, 7) is 0. The fourth-order valence-corrected chi connectivity index (χ4v) is 2.48. The maximum absolute atomic E-state index is 11.3. The van der Waals surface area contributed by atoms with Gasteiger partial charge in [0, 0.05) is 6.42 Å². The Balaban J connectivity index is 2.02. The molecule has 1 saturated carbocycles. The van der Waals surface area contributed by atoms with Gasteiger partial charge in [0.05, 0.1) is 11.8 Å². The lowest BCUT2D eigenvalue weighted by Crippen LogP contribution is -2.28. The Morgan fingerprint density at radius 2 is 1.93 bits per heavy atom. The number of carbonyl (C=O) groups is 3. The Bertz CT molecular complexity index is 322. The molecular formula is C10H12O5. The Labute approximate surface area is 86.4 Å². The van der Waals surface area contributed by atoms with Crippen LogP contribution in [0.5, 0.6) is 0 Å². The van der Waals surface area contributed by atoms with Crippen molar-refractivity contribution in [1.29, 1.82) is 0 Å². The van der Waals surface area contributed by atoms with Crippen LogP contribution in [0.2, 0.25) is 0 Å². The molecule has 82 valence electrons. The van der Waals surface area contributed by atoms with Crippen molar-refractivity contribution in [2.24, 2.45) is 17.8 Å². The number of hydrogen-bond acceptors (Lipinski definition) is 4. The van der Waals surface area contributed by atoms with E-state index in [4.69, 9.17) is 5.11 Å². The maximum Gasteiger partial charge on any atom is 0.317 e. The van der Waals surface area contributed by atoms with E-state index in [2.05, 4.69) is 4.74 Å². The average Bonchev–Trinajstić information content (AvgIpc) is 2.41. The highest BCUT2D eigenvalue weighted by atomic mass is 16.6. The molecule has 3 unspecified atom stereocenters. The first-order chi connectivity index (χ1) is 7.08. The number of carbonyl (C=O) groups excluding carboxylic acids is 2. The predicted octanol–water partition coefficient (Wildman–Crippen LogP) is 0.577. The minimum atomic E-state index is -0.851. The van der Waals surface area contributed by atoms with Crippen LogP contribution in [0.4, 0.5) is 0 Å². The van der Waals surface area contributed by atoms with Crippen LogP contribution in [0.3, 0.4) is 0 Å². The van der Waals surface area contributed by atoms with Gasteiger partial charge in [0.25, 0.3) is 0 Å². The molecular weight excluding hydrogens is 200 g/mol. The summed E-state index contributed by atoms with van der Waals surface area (Å²) >= 11 is 0. The zero-order valence-electron chi connectivity index (χ0n) is 8.14. The number of aliphatic carboxylic acids is 1. The van der Waals surface area contributed by atoms with E-state index in [1.54, 1.807) is 0 Å². The Morgan fingerprint density at radius 3 is 2.60 bits per heavy atom. The van der Waals surface area contributed by atoms with Crippen molar-refractivity contribution in [2.45, 2.75) is 25.7 Å². The molecule has 1 heterocycles. The highest BCUT2D eigenvalue weighted by Crippen LogP contribution is 2.40. The van der Waals surface area contributed by atoms with Crippen LogP contribution in [-0.2, 0) is 19.1 Å². The van der Waals surface area contributed by atoms with E-state index in [1.165, 1.54) is 0 Å². The molecule has 0 aromatic carbocycles. The third-order valence-corrected chi connectivity index (χ3v) is 3.23. The summed E-state index contributed by atoms with van der Waals surface area (Å²) in [5.74, 6) is -2.46. The SMILES string of the molecule is O=C(O)CC1CCC2C(=O)OC(=O)C2C1. The van der Waals surface area contributed by atoms with E-state index < -0.39 is 23.8 Å².